The molecule has 0 saturated carbocycles. The number of aliphatic carboxylic acids is 1. The minimum absolute atomic E-state index is 0.0191. The molecular formula is C38H35N5O2. The lowest BCUT2D eigenvalue weighted by Crippen LogP contribution is -2.40. The van der Waals surface area contributed by atoms with E-state index in [0.29, 0.717) is 12.4 Å². The molecule has 0 bridgehead atoms. The number of nitrogens with zero attached hydrogens (tertiary/aromatic N) is 4. The van der Waals surface area contributed by atoms with Gasteiger partial charge in [-0.25, -0.2) is 4.68 Å². The molecule has 1 heterocycles. The van der Waals surface area contributed by atoms with Crippen molar-refractivity contribution < 1.29 is 9.90 Å². The molecular weight excluding hydrogens is 562 g/mol. The van der Waals surface area contributed by atoms with Crippen LogP contribution in [0.4, 0.5) is 0 Å². The smallest absolute Gasteiger partial charge is 0.320 e. The summed E-state index contributed by atoms with van der Waals surface area (Å²) in [6.45, 7) is 4.27. The summed E-state index contributed by atoms with van der Waals surface area (Å²) in [6.07, 6.45) is 0. The number of hydrogen-bond acceptors (Lipinski definition) is 5. The molecule has 0 radical (unpaired) electrons. The quantitative estimate of drug-likeness (QED) is 0.156. The lowest BCUT2D eigenvalue weighted by atomic mass is 9.77. The van der Waals surface area contributed by atoms with Crippen LogP contribution < -0.4 is 5.32 Å². The normalized spacial score (nSPS) is 12.2. The number of nitrogens with one attached hydrogen (secondary N) is 1. The summed E-state index contributed by atoms with van der Waals surface area (Å²) in [5, 5.41) is 26.3. The predicted octanol–water partition coefficient (Wildman–Crippen LogP) is 7.05. The molecule has 45 heavy (non-hydrogen) atoms. The van der Waals surface area contributed by atoms with Crippen molar-refractivity contribution in [2.24, 2.45) is 5.92 Å². The molecule has 0 aliphatic carbocycles. The van der Waals surface area contributed by atoms with Crippen molar-refractivity contribution in [3.63, 3.8) is 0 Å². The van der Waals surface area contributed by atoms with Gasteiger partial charge in [0.2, 0.25) is 0 Å². The van der Waals surface area contributed by atoms with E-state index in [1.807, 2.05) is 97.4 Å². The fourth-order valence-electron chi connectivity index (χ4n) is 6.05. The maximum atomic E-state index is 11.6. The number of carbonyl (C=O) groups is 1. The fraction of sp³-hybridized carbons (Fsp3) is 0.158. The Labute approximate surface area is 263 Å². The van der Waals surface area contributed by atoms with Crippen molar-refractivity contribution in [2.45, 2.75) is 32.0 Å². The fourth-order valence-corrected chi connectivity index (χ4v) is 6.05. The third-order valence-corrected chi connectivity index (χ3v) is 8.25. The van der Waals surface area contributed by atoms with Crippen molar-refractivity contribution in [3.05, 3.63) is 162 Å². The van der Waals surface area contributed by atoms with Gasteiger partial charge in [-0.1, -0.05) is 153 Å². The number of aromatic nitrogens is 4. The van der Waals surface area contributed by atoms with E-state index in [2.05, 4.69) is 76.3 Å². The molecule has 0 spiro atoms. The highest BCUT2D eigenvalue weighted by Gasteiger charge is 2.42. The lowest BCUT2D eigenvalue weighted by molar-refractivity contribution is -0.140. The van der Waals surface area contributed by atoms with Crippen LogP contribution in [0.1, 0.15) is 36.1 Å². The monoisotopic (exact) mass is 597 g/mol. The minimum atomic E-state index is -0.859. The molecule has 0 amide bonds. The van der Waals surface area contributed by atoms with Gasteiger partial charge in [0.15, 0.2) is 5.82 Å². The van der Waals surface area contributed by atoms with Crippen molar-refractivity contribution >= 4 is 5.97 Å². The number of carboxylic acid groups (broad SMARTS) is 1. The van der Waals surface area contributed by atoms with E-state index < -0.39 is 17.6 Å². The molecule has 6 rings (SSSR count). The first-order valence-electron chi connectivity index (χ1n) is 15.1. The second-order valence-corrected chi connectivity index (χ2v) is 11.4. The van der Waals surface area contributed by atoms with Gasteiger partial charge in [-0.05, 0) is 49.7 Å². The maximum absolute atomic E-state index is 11.6. The molecule has 1 atom stereocenters. The van der Waals surface area contributed by atoms with Crippen LogP contribution in [-0.4, -0.2) is 37.3 Å². The summed E-state index contributed by atoms with van der Waals surface area (Å²) in [6, 6.07) is 46.8. The van der Waals surface area contributed by atoms with E-state index in [-0.39, 0.29) is 5.92 Å². The van der Waals surface area contributed by atoms with E-state index in [0.717, 1.165) is 38.9 Å². The zero-order valence-electron chi connectivity index (χ0n) is 25.3. The largest absolute Gasteiger partial charge is 0.480 e. The van der Waals surface area contributed by atoms with Crippen LogP contribution in [0.5, 0.6) is 0 Å². The Hall–Kier alpha value is -5.40. The molecule has 0 aliphatic heterocycles. The number of hydrogen-bond donors (Lipinski definition) is 2. The van der Waals surface area contributed by atoms with Gasteiger partial charge >= 0.3 is 5.97 Å². The molecule has 0 aliphatic rings. The second-order valence-electron chi connectivity index (χ2n) is 11.4. The van der Waals surface area contributed by atoms with Gasteiger partial charge in [0.1, 0.15) is 11.6 Å². The number of rotatable bonds is 11. The van der Waals surface area contributed by atoms with E-state index in [1.54, 1.807) is 0 Å². The van der Waals surface area contributed by atoms with E-state index in [9.17, 15) is 9.90 Å². The molecule has 224 valence electrons. The Morgan fingerprint density at radius 2 is 1.22 bits per heavy atom. The van der Waals surface area contributed by atoms with Gasteiger partial charge in [-0.3, -0.25) is 4.79 Å². The molecule has 0 unspecified atom stereocenters. The molecule has 0 fully saturated rings. The average molecular weight is 598 g/mol. The molecule has 6 aromatic rings. The summed E-state index contributed by atoms with van der Waals surface area (Å²) in [4.78, 5) is 11.6. The van der Waals surface area contributed by atoms with Crippen LogP contribution in [0.3, 0.4) is 0 Å². The Bertz CT molecular complexity index is 1760. The molecule has 7 nitrogen and oxygen atoms in total. The Kier molecular flexibility index (Phi) is 8.62. The van der Waals surface area contributed by atoms with Gasteiger partial charge in [0.05, 0.1) is 0 Å². The highest BCUT2D eigenvalue weighted by Crippen LogP contribution is 2.43. The maximum Gasteiger partial charge on any atom is 0.320 e. The van der Waals surface area contributed by atoms with E-state index in [1.165, 1.54) is 0 Å². The van der Waals surface area contributed by atoms with Crippen LogP contribution in [0.15, 0.2) is 140 Å². The molecule has 0 saturated heterocycles. The average Bonchev–Trinajstić information content (AvgIpc) is 3.57. The van der Waals surface area contributed by atoms with Gasteiger partial charge in [0.25, 0.3) is 0 Å². The zero-order chi connectivity index (χ0) is 31.2. The van der Waals surface area contributed by atoms with Crippen molar-refractivity contribution in [3.8, 4) is 22.5 Å². The summed E-state index contributed by atoms with van der Waals surface area (Å²) < 4.78 is 1.95. The van der Waals surface area contributed by atoms with Crippen molar-refractivity contribution in [1.82, 2.24) is 25.5 Å². The minimum Gasteiger partial charge on any atom is -0.480 e. The van der Waals surface area contributed by atoms with Gasteiger partial charge in [-0.15, -0.1) is 5.10 Å². The molecule has 2 N–H and O–H groups in total. The highest BCUT2D eigenvalue weighted by atomic mass is 16.7. The topological polar surface area (TPSA) is 92.9 Å². The Morgan fingerprint density at radius 1 is 0.733 bits per heavy atom. The number of benzene rings is 5. The summed E-state index contributed by atoms with van der Waals surface area (Å²) in [5.74, 6) is -0.227. The lowest BCUT2D eigenvalue weighted by Gasteiger charge is -2.36. The molecule has 5 aromatic carbocycles. The standard InChI is InChI=1S/C38H35N5O2/c1-27(2)35(37(44)45)39-26-28-22-24-29(25-23-28)33-20-12-13-21-34(33)36-40-41-42-43(36)38(30-14-6-3-7-15-30,31-16-8-4-9-17-31)32-18-10-5-11-19-32/h3-25,27,35,39H,26H2,1-2H3,(H,44,45)/t35-/m0/s1/i35+2,37+2. The summed E-state index contributed by atoms with van der Waals surface area (Å²) in [5.41, 5.74) is 6.14. The van der Waals surface area contributed by atoms with Crippen LogP contribution in [0.2, 0.25) is 0 Å². The van der Waals surface area contributed by atoms with Crippen molar-refractivity contribution in [1.29, 1.82) is 0 Å². The number of carboxylic acids is 1. The van der Waals surface area contributed by atoms with Crippen LogP contribution in [0, 0.1) is 5.92 Å². The van der Waals surface area contributed by atoms with Gasteiger partial charge in [0, 0.05) is 12.1 Å². The highest BCUT2D eigenvalue weighted by molar-refractivity contribution is 5.81. The van der Waals surface area contributed by atoms with Crippen molar-refractivity contribution in [2.75, 3.05) is 0 Å². The third kappa shape index (κ3) is 5.78. The van der Waals surface area contributed by atoms with Crippen LogP contribution >= 0.6 is 0 Å². The summed E-state index contributed by atoms with van der Waals surface area (Å²) >= 11 is 0. The zero-order valence-corrected chi connectivity index (χ0v) is 25.3. The van der Waals surface area contributed by atoms with E-state index >= 15 is 0 Å². The molecule has 1 aromatic heterocycles. The second kappa shape index (κ2) is 13.1. The molecule has 7 heteroatoms. The van der Waals surface area contributed by atoms with Crippen LogP contribution in [0.25, 0.3) is 22.5 Å². The summed E-state index contributed by atoms with van der Waals surface area (Å²) in [7, 11) is 0. The van der Waals surface area contributed by atoms with Gasteiger partial charge in [-0.2, -0.15) is 0 Å². The third-order valence-electron chi connectivity index (χ3n) is 8.25. The first kappa shape index (κ1) is 29.7. The van der Waals surface area contributed by atoms with Crippen LogP contribution in [-0.2, 0) is 16.9 Å². The first-order valence-corrected chi connectivity index (χ1v) is 15.1. The first-order chi connectivity index (χ1) is 22.0. The number of tetrazole rings is 1. The Balaban J connectivity index is 1.47. The van der Waals surface area contributed by atoms with E-state index in [4.69, 9.17) is 5.21 Å². The Morgan fingerprint density at radius 3 is 1.71 bits per heavy atom. The predicted molar refractivity (Wildman–Crippen MR) is 176 cm³/mol. The SMILES string of the molecule is CC(C)[14C@H](NCc1ccc(-c2ccccc2-c2nnnn2C(c2ccccc2)(c2ccccc2)c2ccccc2)cc1)[14C](=O)O. The van der Waals surface area contributed by atoms with Gasteiger partial charge < -0.3 is 10.4 Å².